The number of para-hydroxylation sites is 1. The Kier molecular flexibility index (Phi) is 4.33. The van der Waals surface area contributed by atoms with Crippen LogP contribution in [0.1, 0.15) is 33.9 Å². The van der Waals surface area contributed by atoms with Gasteiger partial charge in [-0.2, -0.15) is 0 Å². The van der Waals surface area contributed by atoms with E-state index in [1.165, 1.54) is 0 Å². The van der Waals surface area contributed by atoms with E-state index in [2.05, 4.69) is 10.3 Å². The fraction of sp³-hybridized carbons (Fsp3) is 0.158. The van der Waals surface area contributed by atoms with E-state index in [1.807, 2.05) is 49.4 Å². The number of benzene rings is 2. The minimum Gasteiger partial charge on any atom is -0.481 e. The maximum atomic E-state index is 12.7. The standard InChI is InChI=1S/C19H18N2O3/c1-12-5-2-3-7-14(12)16(11-17(22)23)21-19(24)15-8-4-6-13-9-10-20-18(13)15/h2-10,16,20H,11H2,1H3,(H,21,24)(H,22,23). The number of carbonyl (C=O) groups is 2. The molecule has 3 rings (SSSR count). The van der Waals surface area contributed by atoms with Gasteiger partial charge in [0.2, 0.25) is 0 Å². The van der Waals surface area contributed by atoms with Gasteiger partial charge >= 0.3 is 5.97 Å². The first-order chi connectivity index (χ1) is 11.6. The number of carboxylic acid groups (broad SMARTS) is 1. The number of fused-ring (bicyclic) bond motifs is 1. The first-order valence-corrected chi connectivity index (χ1v) is 7.70. The maximum absolute atomic E-state index is 12.7. The molecular weight excluding hydrogens is 304 g/mol. The second-order valence-corrected chi connectivity index (χ2v) is 5.73. The molecule has 5 nitrogen and oxygen atoms in total. The van der Waals surface area contributed by atoms with Crippen molar-refractivity contribution < 1.29 is 14.7 Å². The van der Waals surface area contributed by atoms with Gasteiger partial charge in [-0.3, -0.25) is 9.59 Å². The molecule has 0 bridgehead atoms. The van der Waals surface area contributed by atoms with E-state index in [9.17, 15) is 14.7 Å². The number of nitrogens with one attached hydrogen (secondary N) is 2. The third-order valence-electron chi connectivity index (χ3n) is 4.08. The van der Waals surface area contributed by atoms with Gasteiger partial charge in [0.1, 0.15) is 0 Å². The molecule has 0 radical (unpaired) electrons. The van der Waals surface area contributed by atoms with Gasteiger partial charge in [0, 0.05) is 11.6 Å². The van der Waals surface area contributed by atoms with Crippen LogP contribution < -0.4 is 5.32 Å². The number of aromatic nitrogens is 1. The van der Waals surface area contributed by atoms with Crippen LogP contribution >= 0.6 is 0 Å². The fourth-order valence-electron chi connectivity index (χ4n) is 2.90. The maximum Gasteiger partial charge on any atom is 0.305 e. The average Bonchev–Trinajstić information content (AvgIpc) is 3.02. The summed E-state index contributed by atoms with van der Waals surface area (Å²) < 4.78 is 0. The molecule has 0 saturated carbocycles. The summed E-state index contributed by atoms with van der Waals surface area (Å²) in [5, 5.41) is 13.0. The summed E-state index contributed by atoms with van der Waals surface area (Å²) >= 11 is 0. The summed E-state index contributed by atoms with van der Waals surface area (Å²) in [4.78, 5) is 27.0. The summed E-state index contributed by atoms with van der Waals surface area (Å²) in [7, 11) is 0. The van der Waals surface area contributed by atoms with E-state index in [0.717, 1.165) is 22.0 Å². The topological polar surface area (TPSA) is 82.2 Å². The fourth-order valence-corrected chi connectivity index (χ4v) is 2.90. The predicted molar refractivity (Wildman–Crippen MR) is 91.9 cm³/mol. The van der Waals surface area contributed by atoms with Gasteiger partial charge in [-0.25, -0.2) is 0 Å². The molecule has 0 aliphatic carbocycles. The molecule has 0 aliphatic heterocycles. The van der Waals surface area contributed by atoms with Gasteiger partial charge in [0.25, 0.3) is 5.91 Å². The normalized spacial score (nSPS) is 12.0. The highest BCUT2D eigenvalue weighted by Crippen LogP contribution is 2.23. The number of aromatic amines is 1. The number of carboxylic acids is 1. The van der Waals surface area contributed by atoms with E-state index in [4.69, 9.17) is 0 Å². The molecule has 1 unspecified atom stereocenters. The molecular formula is C19H18N2O3. The zero-order valence-corrected chi connectivity index (χ0v) is 13.2. The van der Waals surface area contributed by atoms with Crippen molar-refractivity contribution in [1.82, 2.24) is 10.3 Å². The molecule has 122 valence electrons. The third-order valence-corrected chi connectivity index (χ3v) is 4.08. The highest BCUT2D eigenvalue weighted by atomic mass is 16.4. The molecule has 3 N–H and O–H groups in total. The second-order valence-electron chi connectivity index (χ2n) is 5.73. The SMILES string of the molecule is Cc1ccccc1C(CC(=O)O)NC(=O)c1cccc2cc[nH]c12. The molecule has 1 aromatic heterocycles. The summed E-state index contributed by atoms with van der Waals surface area (Å²) in [5.74, 6) is -1.25. The smallest absolute Gasteiger partial charge is 0.305 e. The predicted octanol–water partition coefficient (Wildman–Crippen LogP) is 3.42. The van der Waals surface area contributed by atoms with Crippen molar-refractivity contribution in [1.29, 1.82) is 0 Å². The summed E-state index contributed by atoms with van der Waals surface area (Å²) in [6.45, 7) is 1.90. The van der Waals surface area contributed by atoms with Gasteiger partial charge < -0.3 is 15.4 Å². The van der Waals surface area contributed by atoms with Crippen molar-refractivity contribution in [2.24, 2.45) is 0 Å². The van der Waals surface area contributed by atoms with E-state index in [-0.39, 0.29) is 12.3 Å². The van der Waals surface area contributed by atoms with Crippen molar-refractivity contribution in [3.05, 3.63) is 71.4 Å². The molecule has 3 aromatic rings. The van der Waals surface area contributed by atoms with E-state index < -0.39 is 12.0 Å². The molecule has 0 aliphatic rings. The summed E-state index contributed by atoms with van der Waals surface area (Å²) in [6.07, 6.45) is 1.61. The third kappa shape index (κ3) is 3.15. The zero-order valence-electron chi connectivity index (χ0n) is 13.2. The van der Waals surface area contributed by atoms with Crippen LogP contribution in [-0.4, -0.2) is 22.0 Å². The first-order valence-electron chi connectivity index (χ1n) is 7.70. The molecule has 5 heteroatoms. The molecule has 24 heavy (non-hydrogen) atoms. The molecule has 0 saturated heterocycles. The van der Waals surface area contributed by atoms with Gasteiger partial charge in [0.15, 0.2) is 0 Å². The summed E-state index contributed by atoms with van der Waals surface area (Å²) in [6, 6.07) is 14.2. The van der Waals surface area contributed by atoms with Gasteiger partial charge in [-0.1, -0.05) is 36.4 Å². The van der Waals surface area contributed by atoms with Crippen LogP contribution in [0.4, 0.5) is 0 Å². The Bertz CT molecular complexity index is 898. The number of aliphatic carboxylic acids is 1. The zero-order chi connectivity index (χ0) is 17.1. The molecule has 1 amide bonds. The molecule has 2 aromatic carbocycles. The van der Waals surface area contributed by atoms with Crippen LogP contribution in [0.3, 0.4) is 0 Å². The Morgan fingerprint density at radius 1 is 1.12 bits per heavy atom. The van der Waals surface area contributed by atoms with Crippen molar-refractivity contribution in [2.45, 2.75) is 19.4 Å². The highest BCUT2D eigenvalue weighted by molar-refractivity contribution is 6.05. The minimum atomic E-state index is -0.957. The van der Waals surface area contributed by atoms with Crippen molar-refractivity contribution >= 4 is 22.8 Å². The van der Waals surface area contributed by atoms with Crippen LogP contribution in [0.5, 0.6) is 0 Å². The van der Waals surface area contributed by atoms with Crippen LogP contribution in [0.15, 0.2) is 54.7 Å². The molecule has 0 fully saturated rings. The Morgan fingerprint density at radius 3 is 2.67 bits per heavy atom. The number of amides is 1. The van der Waals surface area contributed by atoms with Gasteiger partial charge in [0.05, 0.1) is 23.5 Å². The van der Waals surface area contributed by atoms with Gasteiger partial charge in [-0.15, -0.1) is 0 Å². The number of hydrogen-bond donors (Lipinski definition) is 3. The molecule has 1 atom stereocenters. The molecule has 1 heterocycles. The van der Waals surface area contributed by atoms with E-state index in [1.54, 1.807) is 12.3 Å². The summed E-state index contributed by atoms with van der Waals surface area (Å²) in [5.41, 5.74) is 3.00. The number of carbonyl (C=O) groups excluding carboxylic acids is 1. The Labute approximate surface area is 139 Å². The Morgan fingerprint density at radius 2 is 1.92 bits per heavy atom. The van der Waals surface area contributed by atoms with E-state index in [0.29, 0.717) is 5.56 Å². The number of rotatable bonds is 5. The number of H-pyrrole nitrogens is 1. The average molecular weight is 322 g/mol. The lowest BCUT2D eigenvalue weighted by atomic mass is 9.98. The highest BCUT2D eigenvalue weighted by Gasteiger charge is 2.21. The Balaban J connectivity index is 1.93. The van der Waals surface area contributed by atoms with Crippen LogP contribution in [0, 0.1) is 6.92 Å². The van der Waals surface area contributed by atoms with Crippen LogP contribution in [0.2, 0.25) is 0 Å². The van der Waals surface area contributed by atoms with Crippen LogP contribution in [-0.2, 0) is 4.79 Å². The monoisotopic (exact) mass is 322 g/mol. The first kappa shape index (κ1) is 15.8. The Hall–Kier alpha value is -3.08. The van der Waals surface area contributed by atoms with Gasteiger partial charge in [-0.05, 0) is 30.2 Å². The largest absolute Gasteiger partial charge is 0.481 e. The van der Waals surface area contributed by atoms with Crippen molar-refractivity contribution in [3.8, 4) is 0 Å². The molecule has 0 spiro atoms. The lowest BCUT2D eigenvalue weighted by Crippen LogP contribution is -2.30. The van der Waals surface area contributed by atoms with Crippen molar-refractivity contribution in [3.63, 3.8) is 0 Å². The lowest BCUT2D eigenvalue weighted by molar-refractivity contribution is -0.137. The van der Waals surface area contributed by atoms with E-state index >= 15 is 0 Å². The quantitative estimate of drug-likeness (QED) is 0.673. The van der Waals surface area contributed by atoms with Crippen LogP contribution in [0.25, 0.3) is 10.9 Å². The minimum absolute atomic E-state index is 0.169. The number of aryl methyl sites for hydroxylation is 1. The lowest BCUT2D eigenvalue weighted by Gasteiger charge is -2.19. The van der Waals surface area contributed by atoms with Crippen molar-refractivity contribution in [2.75, 3.05) is 0 Å². The number of hydrogen-bond acceptors (Lipinski definition) is 2. The second kappa shape index (κ2) is 6.58.